The lowest BCUT2D eigenvalue weighted by molar-refractivity contribution is -0.130. The predicted molar refractivity (Wildman–Crippen MR) is 85.2 cm³/mol. The van der Waals surface area contributed by atoms with Gasteiger partial charge < -0.3 is 10.5 Å². The van der Waals surface area contributed by atoms with Crippen LogP contribution in [0.15, 0.2) is 30.5 Å². The third-order valence-corrected chi connectivity index (χ3v) is 3.27. The summed E-state index contributed by atoms with van der Waals surface area (Å²) in [5.74, 6) is -0.681. The number of para-hydroxylation sites is 1. The first kappa shape index (κ1) is 17.0. The standard InChI is InChI=1S/C16H21N3O4/c1-16(2,3)23-15(21)19-9-10(8-12(17)14(20)18-22)11-6-4-5-7-13(11)19/h4-7,9,12,22H,8,17H2,1-3H3,(H,18,20). The molecule has 0 aliphatic carbocycles. The number of nitrogens with zero attached hydrogens (tertiary/aromatic N) is 1. The monoisotopic (exact) mass is 319 g/mol. The molecule has 23 heavy (non-hydrogen) atoms. The zero-order chi connectivity index (χ0) is 17.2. The highest BCUT2D eigenvalue weighted by Gasteiger charge is 2.22. The molecule has 124 valence electrons. The molecular weight excluding hydrogens is 298 g/mol. The van der Waals surface area contributed by atoms with Crippen molar-refractivity contribution in [2.24, 2.45) is 5.73 Å². The quantitative estimate of drug-likeness (QED) is 0.591. The second-order valence-corrected chi connectivity index (χ2v) is 6.31. The van der Waals surface area contributed by atoms with Gasteiger partial charge in [0.15, 0.2) is 0 Å². The SMILES string of the molecule is CC(C)(C)OC(=O)n1cc(CC(N)C(=O)NO)c2ccccc21. The Balaban J connectivity index is 2.40. The van der Waals surface area contributed by atoms with Crippen LogP contribution in [-0.4, -0.2) is 33.4 Å². The number of hydrogen-bond donors (Lipinski definition) is 3. The summed E-state index contributed by atoms with van der Waals surface area (Å²) in [7, 11) is 0. The van der Waals surface area contributed by atoms with Crippen LogP contribution in [0, 0.1) is 0 Å². The number of benzene rings is 1. The number of aromatic nitrogens is 1. The molecule has 0 bridgehead atoms. The van der Waals surface area contributed by atoms with E-state index in [0.717, 1.165) is 10.9 Å². The van der Waals surface area contributed by atoms with Gasteiger partial charge in [-0.2, -0.15) is 0 Å². The molecule has 0 saturated heterocycles. The van der Waals surface area contributed by atoms with Gasteiger partial charge in [-0.05, 0) is 38.8 Å². The molecule has 1 atom stereocenters. The fourth-order valence-electron chi connectivity index (χ4n) is 2.29. The molecule has 2 aromatic rings. The zero-order valence-corrected chi connectivity index (χ0v) is 13.4. The van der Waals surface area contributed by atoms with Crippen LogP contribution in [-0.2, 0) is 16.0 Å². The number of hydroxylamine groups is 1. The van der Waals surface area contributed by atoms with Crippen LogP contribution < -0.4 is 11.2 Å². The largest absolute Gasteiger partial charge is 0.443 e. The summed E-state index contributed by atoms with van der Waals surface area (Å²) in [6.45, 7) is 5.37. The van der Waals surface area contributed by atoms with E-state index in [1.807, 2.05) is 18.2 Å². The van der Waals surface area contributed by atoms with Crippen molar-refractivity contribution in [2.45, 2.75) is 38.8 Å². The van der Waals surface area contributed by atoms with E-state index in [2.05, 4.69) is 0 Å². The van der Waals surface area contributed by atoms with Gasteiger partial charge in [-0.15, -0.1) is 0 Å². The molecule has 7 heteroatoms. The molecule has 7 nitrogen and oxygen atoms in total. The van der Waals surface area contributed by atoms with Crippen LogP contribution in [0.3, 0.4) is 0 Å². The molecule has 1 aromatic carbocycles. The van der Waals surface area contributed by atoms with Crippen LogP contribution in [0.1, 0.15) is 26.3 Å². The lowest BCUT2D eigenvalue weighted by Gasteiger charge is -2.19. The van der Waals surface area contributed by atoms with Gasteiger partial charge in [0.05, 0.1) is 11.6 Å². The minimum Gasteiger partial charge on any atom is -0.443 e. The van der Waals surface area contributed by atoms with Crippen LogP contribution in [0.2, 0.25) is 0 Å². The molecule has 4 N–H and O–H groups in total. The molecule has 1 amide bonds. The summed E-state index contributed by atoms with van der Waals surface area (Å²) in [6, 6.07) is 6.36. The number of carbonyl (C=O) groups is 2. The maximum absolute atomic E-state index is 12.4. The van der Waals surface area contributed by atoms with Crippen molar-refractivity contribution < 1.29 is 19.5 Å². The van der Waals surface area contributed by atoms with Gasteiger partial charge in [0.2, 0.25) is 0 Å². The number of nitrogens with two attached hydrogens (primary N) is 1. The first-order valence-electron chi connectivity index (χ1n) is 7.25. The third kappa shape index (κ3) is 3.88. The van der Waals surface area contributed by atoms with Crippen molar-refractivity contribution in [1.82, 2.24) is 10.0 Å². The van der Waals surface area contributed by atoms with Gasteiger partial charge in [-0.25, -0.2) is 10.3 Å². The number of nitrogens with one attached hydrogen (secondary N) is 1. The lowest BCUT2D eigenvalue weighted by Crippen LogP contribution is -2.40. The summed E-state index contributed by atoms with van der Waals surface area (Å²) < 4.78 is 6.79. The molecule has 1 aromatic heterocycles. The van der Waals surface area contributed by atoms with Crippen LogP contribution in [0.5, 0.6) is 0 Å². The normalized spacial score (nSPS) is 12.9. The van der Waals surface area contributed by atoms with E-state index in [0.29, 0.717) is 5.52 Å². The molecule has 1 unspecified atom stereocenters. The molecule has 0 fully saturated rings. The lowest BCUT2D eigenvalue weighted by atomic mass is 10.1. The second kappa shape index (κ2) is 6.39. The number of fused-ring (bicyclic) bond motifs is 1. The Morgan fingerprint density at radius 1 is 1.35 bits per heavy atom. The Morgan fingerprint density at radius 3 is 2.61 bits per heavy atom. The van der Waals surface area contributed by atoms with Crippen molar-refractivity contribution in [1.29, 1.82) is 0 Å². The highest BCUT2D eigenvalue weighted by Crippen LogP contribution is 2.23. The van der Waals surface area contributed by atoms with E-state index in [1.165, 1.54) is 10.0 Å². The topological polar surface area (TPSA) is 107 Å². The number of amides is 1. The Hall–Kier alpha value is -2.38. The average molecular weight is 319 g/mol. The average Bonchev–Trinajstić information content (AvgIpc) is 2.84. The summed E-state index contributed by atoms with van der Waals surface area (Å²) in [5, 5.41) is 9.46. The number of carbonyl (C=O) groups excluding carboxylic acids is 2. The molecule has 0 aliphatic rings. The fourth-order valence-corrected chi connectivity index (χ4v) is 2.29. The third-order valence-electron chi connectivity index (χ3n) is 3.27. The molecule has 0 saturated carbocycles. The maximum Gasteiger partial charge on any atom is 0.419 e. The minimum atomic E-state index is -0.919. The number of hydrogen-bond acceptors (Lipinski definition) is 5. The summed E-state index contributed by atoms with van der Waals surface area (Å²) in [4.78, 5) is 23.7. The summed E-state index contributed by atoms with van der Waals surface area (Å²) >= 11 is 0. The van der Waals surface area contributed by atoms with Crippen LogP contribution >= 0.6 is 0 Å². The molecule has 1 heterocycles. The smallest absolute Gasteiger partial charge is 0.419 e. The Morgan fingerprint density at radius 2 is 2.00 bits per heavy atom. The van der Waals surface area contributed by atoms with Crippen LogP contribution in [0.25, 0.3) is 10.9 Å². The number of rotatable bonds is 3. The second-order valence-electron chi connectivity index (χ2n) is 6.31. The van der Waals surface area contributed by atoms with Crippen molar-refractivity contribution in [3.63, 3.8) is 0 Å². The molecule has 0 spiro atoms. The predicted octanol–water partition coefficient (Wildman–Crippen LogP) is 1.80. The van der Waals surface area contributed by atoms with E-state index in [4.69, 9.17) is 15.7 Å². The Labute approximate surface area is 134 Å². The highest BCUT2D eigenvalue weighted by molar-refractivity contribution is 5.92. The van der Waals surface area contributed by atoms with E-state index in [1.54, 1.807) is 33.0 Å². The maximum atomic E-state index is 12.4. The molecule has 0 radical (unpaired) electrons. The van der Waals surface area contributed by atoms with Gasteiger partial charge in [-0.1, -0.05) is 18.2 Å². The Kier molecular flexibility index (Phi) is 4.72. The summed E-state index contributed by atoms with van der Waals surface area (Å²) in [5.41, 5.74) is 8.06. The fraction of sp³-hybridized carbons (Fsp3) is 0.375. The van der Waals surface area contributed by atoms with Gasteiger partial charge in [0.1, 0.15) is 5.60 Å². The number of ether oxygens (including phenoxy) is 1. The van der Waals surface area contributed by atoms with E-state index in [9.17, 15) is 9.59 Å². The van der Waals surface area contributed by atoms with Crippen molar-refractivity contribution in [3.05, 3.63) is 36.0 Å². The van der Waals surface area contributed by atoms with Gasteiger partial charge >= 0.3 is 6.09 Å². The first-order chi connectivity index (χ1) is 10.7. The Bertz CT molecular complexity index is 730. The van der Waals surface area contributed by atoms with Crippen molar-refractivity contribution in [2.75, 3.05) is 0 Å². The molecular formula is C16H21N3O4. The zero-order valence-electron chi connectivity index (χ0n) is 13.4. The van der Waals surface area contributed by atoms with Gasteiger partial charge in [-0.3, -0.25) is 14.6 Å². The van der Waals surface area contributed by atoms with E-state index < -0.39 is 23.6 Å². The van der Waals surface area contributed by atoms with Crippen LogP contribution in [0.4, 0.5) is 4.79 Å². The summed E-state index contributed by atoms with van der Waals surface area (Å²) in [6.07, 6.45) is 1.30. The van der Waals surface area contributed by atoms with E-state index >= 15 is 0 Å². The first-order valence-corrected chi connectivity index (χ1v) is 7.25. The van der Waals surface area contributed by atoms with E-state index in [-0.39, 0.29) is 6.42 Å². The van der Waals surface area contributed by atoms with Crippen molar-refractivity contribution >= 4 is 22.9 Å². The van der Waals surface area contributed by atoms with Gasteiger partial charge in [0, 0.05) is 11.6 Å². The molecule has 2 rings (SSSR count). The van der Waals surface area contributed by atoms with Gasteiger partial charge in [0.25, 0.3) is 5.91 Å². The highest BCUT2D eigenvalue weighted by atomic mass is 16.6. The van der Waals surface area contributed by atoms with Crippen molar-refractivity contribution in [3.8, 4) is 0 Å². The molecule has 0 aliphatic heterocycles. The minimum absolute atomic E-state index is 0.183.